The summed E-state index contributed by atoms with van der Waals surface area (Å²) in [6.07, 6.45) is 6.94. The Morgan fingerprint density at radius 2 is 1.44 bits per heavy atom. The largest absolute Gasteiger partial charge is 0.493 e. The molecule has 2 nitrogen and oxygen atoms in total. The summed E-state index contributed by atoms with van der Waals surface area (Å²) in [6.45, 7) is 1.61. The summed E-state index contributed by atoms with van der Waals surface area (Å²) in [5, 5.41) is 0. The average Bonchev–Trinajstić information content (AvgIpc) is 3.17. The molecule has 2 heteroatoms. The standard InChI is InChI=1S/C14H16O2/c1-2-13(15-9-11-4-5-11)8-14(3-1)16-10-12-6-7-12/h1-4,6,8,11-12H,5,7,9-10H2. The van der Waals surface area contributed by atoms with Crippen LogP contribution in [0.15, 0.2) is 24.3 Å². The van der Waals surface area contributed by atoms with E-state index in [2.05, 4.69) is 12.8 Å². The minimum absolute atomic E-state index is 0.672. The Hall–Kier alpha value is -1.18. The predicted octanol–water partition coefficient (Wildman–Crippen LogP) is 2.89. The van der Waals surface area contributed by atoms with E-state index in [1.165, 1.54) is 12.8 Å². The summed E-state index contributed by atoms with van der Waals surface area (Å²) in [5.74, 6) is 3.17. The van der Waals surface area contributed by atoms with Crippen molar-refractivity contribution in [2.75, 3.05) is 13.2 Å². The first-order chi connectivity index (χ1) is 7.90. The van der Waals surface area contributed by atoms with Crippen LogP contribution >= 0.6 is 0 Å². The second-order valence-electron chi connectivity index (χ2n) is 4.56. The molecule has 84 valence electrons. The fourth-order valence-electron chi connectivity index (χ4n) is 1.52. The molecule has 3 rings (SSSR count). The smallest absolute Gasteiger partial charge is 0.122 e. The van der Waals surface area contributed by atoms with E-state index in [4.69, 9.17) is 9.47 Å². The third-order valence-electron chi connectivity index (χ3n) is 2.87. The van der Waals surface area contributed by atoms with Gasteiger partial charge in [0, 0.05) is 6.07 Å². The number of rotatable bonds is 6. The maximum Gasteiger partial charge on any atom is 0.122 e. The maximum absolute atomic E-state index is 5.67. The Morgan fingerprint density at radius 3 is 1.88 bits per heavy atom. The number of hydrogen-bond acceptors (Lipinski definition) is 2. The van der Waals surface area contributed by atoms with Crippen molar-refractivity contribution >= 4 is 0 Å². The van der Waals surface area contributed by atoms with E-state index >= 15 is 0 Å². The zero-order valence-corrected chi connectivity index (χ0v) is 9.26. The molecule has 2 unspecified atom stereocenters. The lowest BCUT2D eigenvalue weighted by Gasteiger charge is -2.08. The van der Waals surface area contributed by atoms with Crippen LogP contribution in [-0.2, 0) is 0 Å². The van der Waals surface area contributed by atoms with E-state index in [1.54, 1.807) is 0 Å². The van der Waals surface area contributed by atoms with Crippen molar-refractivity contribution in [3.63, 3.8) is 0 Å². The normalized spacial score (nSPS) is 19.5. The summed E-state index contributed by atoms with van der Waals surface area (Å²) in [4.78, 5) is 0. The minimum Gasteiger partial charge on any atom is -0.493 e. The van der Waals surface area contributed by atoms with Gasteiger partial charge in [0.15, 0.2) is 0 Å². The summed E-state index contributed by atoms with van der Waals surface area (Å²) < 4.78 is 11.3. The van der Waals surface area contributed by atoms with Crippen LogP contribution in [0.4, 0.5) is 0 Å². The first kappa shape index (κ1) is 10.0. The first-order valence-corrected chi connectivity index (χ1v) is 5.92. The van der Waals surface area contributed by atoms with E-state index in [0.717, 1.165) is 24.7 Å². The molecule has 2 fully saturated rings. The van der Waals surface area contributed by atoms with Gasteiger partial charge < -0.3 is 9.47 Å². The number of ether oxygens (including phenoxy) is 2. The monoisotopic (exact) mass is 216 g/mol. The van der Waals surface area contributed by atoms with Crippen LogP contribution in [0.3, 0.4) is 0 Å². The molecule has 1 aromatic rings. The molecular formula is C14H16O2. The van der Waals surface area contributed by atoms with Crippen molar-refractivity contribution in [3.8, 4) is 11.5 Å². The molecule has 0 spiro atoms. The molecule has 16 heavy (non-hydrogen) atoms. The molecule has 0 saturated heterocycles. The summed E-state index contributed by atoms with van der Waals surface area (Å²) in [5.41, 5.74) is 0. The van der Waals surface area contributed by atoms with Crippen LogP contribution < -0.4 is 9.47 Å². The summed E-state index contributed by atoms with van der Waals surface area (Å²) >= 11 is 0. The maximum atomic E-state index is 5.67. The third-order valence-corrected chi connectivity index (χ3v) is 2.87. The summed E-state index contributed by atoms with van der Waals surface area (Å²) in [6, 6.07) is 7.93. The van der Waals surface area contributed by atoms with Gasteiger partial charge in [0.1, 0.15) is 11.5 Å². The highest BCUT2D eigenvalue weighted by atomic mass is 16.5. The first-order valence-electron chi connectivity index (χ1n) is 5.92. The number of benzene rings is 1. The van der Waals surface area contributed by atoms with E-state index in [-0.39, 0.29) is 0 Å². The van der Waals surface area contributed by atoms with E-state index < -0.39 is 0 Å². The molecule has 0 N–H and O–H groups in total. The molecule has 0 bridgehead atoms. The second kappa shape index (κ2) is 4.36. The minimum atomic E-state index is 0.672. The SMILES string of the molecule is [CH]1CC1COc1cccc(OCC2[CH]C2)c1. The molecule has 0 aliphatic heterocycles. The zero-order valence-electron chi connectivity index (χ0n) is 9.26. The highest BCUT2D eigenvalue weighted by Gasteiger charge is 2.23. The van der Waals surface area contributed by atoms with Gasteiger partial charge in [-0.25, -0.2) is 0 Å². The Labute approximate surface area is 96.6 Å². The van der Waals surface area contributed by atoms with Gasteiger partial charge in [0.05, 0.1) is 13.2 Å². The van der Waals surface area contributed by atoms with Gasteiger partial charge in [0.25, 0.3) is 0 Å². The Balaban J connectivity index is 1.52. The van der Waals surface area contributed by atoms with Gasteiger partial charge in [0.2, 0.25) is 0 Å². The van der Waals surface area contributed by atoms with E-state index in [9.17, 15) is 0 Å². The van der Waals surface area contributed by atoms with Gasteiger partial charge >= 0.3 is 0 Å². The van der Waals surface area contributed by atoms with Crippen molar-refractivity contribution < 1.29 is 9.47 Å². The van der Waals surface area contributed by atoms with Gasteiger partial charge in [-0.3, -0.25) is 0 Å². The Kier molecular flexibility index (Phi) is 2.73. The van der Waals surface area contributed by atoms with Crippen molar-refractivity contribution in [2.45, 2.75) is 12.8 Å². The molecule has 2 aliphatic rings. The van der Waals surface area contributed by atoms with Crippen LogP contribution in [-0.4, -0.2) is 13.2 Å². The van der Waals surface area contributed by atoms with Gasteiger partial charge in [-0.05, 0) is 49.7 Å². The lowest BCUT2D eigenvalue weighted by Crippen LogP contribution is -2.01. The van der Waals surface area contributed by atoms with Crippen LogP contribution in [0, 0.1) is 24.7 Å². The van der Waals surface area contributed by atoms with Crippen LogP contribution in [0.1, 0.15) is 12.8 Å². The highest BCUT2D eigenvalue weighted by Crippen LogP contribution is 2.30. The average molecular weight is 216 g/mol. The molecular weight excluding hydrogens is 200 g/mol. The van der Waals surface area contributed by atoms with Crippen molar-refractivity contribution in [1.82, 2.24) is 0 Å². The molecule has 2 radical (unpaired) electrons. The summed E-state index contributed by atoms with van der Waals surface area (Å²) in [7, 11) is 0. The zero-order chi connectivity index (χ0) is 10.8. The molecule has 2 saturated carbocycles. The van der Waals surface area contributed by atoms with Gasteiger partial charge in [-0.1, -0.05) is 6.07 Å². The van der Waals surface area contributed by atoms with Crippen molar-refractivity contribution in [2.24, 2.45) is 11.8 Å². The molecule has 0 heterocycles. The van der Waals surface area contributed by atoms with Crippen LogP contribution in [0.25, 0.3) is 0 Å². The predicted molar refractivity (Wildman–Crippen MR) is 62.2 cm³/mol. The molecule has 2 atom stereocenters. The lowest BCUT2D eigenvalue weighted by atomic mass is 10.3. The fourth-order valence-corrected chi connectivity index (χ4v) is 1.52. The van der Waals surface area contributed by atoms with E-state index in [0.29, 0.717) is 11.8 Å². The fraction of sp³-hybridized carbons (Fsp3) is 0.429. The lowest BCUT2D eigenvalue weighted by molar-refractivity contribution is 0.289. The van der Waals surface area contributed by atoms with Gasteiger partial charge in [-0.15, -0.1) is 0 Å². The Bertz CT molecular complexity index is 322. The molecule has 0 aromatic heterocycles. The number of hydrogen-bond donors (Lipinski definition) is 0. The topological polar surface area (TPSA) is 18.5 Å². The molecule has 1 aromatic carbocycles. The van der Waals surface area contributed by atoms with Crippen molar-refractivity contribution in [3.05, 3.63) is 37.1 Å². The van der Waals surface area contributed by atoms with E-state index in [1.807, 2.05) is 24.3 Å². The van der Waals surface area contributed by atoms with Crippen LogP contribution in [0.5, 0.6) is 11.5 Å². The molecule has 2 aliphatic carbocycles. The second-order valence-corrected chi connectivity index (χ2v) is 4.56. The third kappa shape index (κ3) is 2.91. The van der Waals surface area contributed by atoms with Gasteiger partial charge in [-0.2, -0.15) is 0 Å². The van der Waals surface area contributed by atoms with Crippen LogP contribution in [0.2, 0.25) is 0 Å². The van der Waals surface area contributed by atoms with Crippen molar-refractivity contribution in [1.29, 1.82) is 0 Å². The highest BCUT2D eigenvalue weighted by molar-refractivity contribution is 5.33. The quantitative estimate of drug-likeness (QED) is 0.728. The molecule has 0 amide bonds. The Morgan fingerprint density at radius 1 is 0.938 bits per heavy atom.